The van der Waals surface area contributed by atoms with Crippen LogP contribution in [0.5, 0.6) is 0 Å². The summed E-state index contributed by atoms with van der Waals surface area (Å²) in [4.78, 5) is 11.1. The van der Waals surface area contributed by atoms with Crippen LogP contribution in [-0.4, -0.2) is 54.4 Å². The minimum atomic E-state index is -0.167. The van der Waals surface area contributed by atoms with Gasteiger partial charge in [0.15, 0.2) is 5.82 Å². The van der Waals surface area contributed by atoms with Gasteiger partial charge in [-0.25, -0.2) is 4.39 Å². The van der Waals surface area contributed by atoms with Crippen molar-refractivity contribution in [3.05, 3.63) is 36.3 Å². The first-order valence-corrected chi connectivity index (χ1v) is 8.50. The normalized spacial score (nSPS) is 18.3. The van der Waals surface area contributed by atoms with Crippen LogP contribution in [0.3, 0.4) is 0 Å². The van der Waals surface area contributed by atoms with Gasteiger partial charge in [-0.2, -0.15) is 10.1 Å². The largest absolute Gasteiger partial charge is 0.366 e. The minimum absolute atomic E-state index is 0.167. The Bertz CT molecular complexity index is 695. The van der Waals surface area contributed by atoms with Gasteiger partial charge in [0.1, 0.15) is 5.82 Å². The molecular weight excluding hydrogens is 307 g/mol. The molecule has 0 saturated carbocycles. The second-order valence-electron chi connectivity index (χ2n) is 6.23. The van der Waals surface area contributed by atoms with Gasteiger partial charge >= 0.3 is 0 Å². The summed E-state index contributed by atoms with van der Waals surface area (Å²) in [6, 6.07) is 6.93. The number of aromatic nitrogens is 3. The fraction of sp³-hybridized carbons (Fsp3) is 0.471. The topological polar surface area (TPSA) is 48.4 Å². The molecule has 1 aromatic carbocycles. The molecule has 2 aromatic rings. The number of rotatable bonds is 3. The molecule has 24 heavy (non-hydrogen) atoms. The predicted molar refractivity (Wildman–Crippen MR) is 92.1 cm³/mol. The van der Waals surface area contributed by atoms with Crippen molar-refractivity contribution in [1.82, 2.24) is 15.2 Å². The first-order valence-electron chi connectivity index (χ1n) is 8.50. The Hall–Kier alpha value is -2.44. The smallest absolute Gasteiger partial charge is 0.247 e. The number of anilines is 3. The number of para-hydroxylation sites is 1. The number of benzene rings is 1. The summed E-state index contributed by atoms with van der Waals surface area (Å²) in [5.41, 5.74) is 0.669. The molecule has 0 unspecified atom stereocenters. The Morgan fingerprint density at radius 2 is 1.54 bits per heavy atom. The zero-order chi connectivity index (χ0) is 16.4. The second kappa shape index (κ2) is 6.59. The van der Waals surface area contributed by atoms with Crippen LogP contribution in [0.25, 0.3) is 0 Å². The molecule has 0 bridgehead atoms. The summed E-state index contributed by atoms with van der Waals surface area (Å²) in [6.45, 7) is 5.10. The Balaban J connectivity index is 1.44. The van der Waals surface area contributed by atoms with Crippen molar-refractivity contribution in [2.75, 3.05) is 54.0 Å². The van der Waals surface area contributed by atoms with E-state index in [1.165, 1.54) is 18.9 Å². The molecule has 2 fully saturated rings. The van der Waals surface area contributed by atoms with Gasteiger partial charge in [0.05, 0.1) is 11.9 Å². The predicted octanol–water partition coefficient (Wildman–Crippen LogP) is 1.94. The van der Waals surface area contributed by atoms with Crippen LogP contribution in [0.4, 0.5) is 21.8 Å². The zero-order valence-corrected chi connectivity index (χ0v) is 13.6. The molecule has 2 saturated heterocycles. The Morgan fingerprint density at radius 3 is 2.29 bits per heavy atom. The minimum Gasteiger partial charge on any atom is -0.366 e. The van der Waals surface area contributed by atoms with E-state index >= 15 is 0 Å². The lowest BCUT2D eigenvalue weighted by Gasteiger charge is -2.36. The molecule has 1 aromatic heterocycles. The highest BCUT2D eigenvalue weighted by molar-refractivity contribution is 5.50. The fourth-order valence-electron chi connectivity index (χ4n) is 3.37. The van der Waals surface area contributed by atoms with Crippen molar-refractivity contribution in [3.8, 4) is 0 Å². The van der Waals surface area contributed by atoms with E-state index in [9.17, 15) is 4.39 Å². The number of piperazine rings is 1. The highest BCUT2D eigenvalue weighted by Crippen LogP contribution is 2.22. The van der Waals surface area contributed by atoms with E-state index in [-0.39, 0.29) is 5.82 Å². The molecule has 126 valence electrons. The highest BCUT2D eigenvalue weighted by Gasteiger charge is 2.22. The molecule has 3 heterocycles. The monoisotopic (exact) mass is 328 g/mol. The van der Waals surface area contributed by atoms with Gasteiger partial charge in [-0.3, -0.25) is 0 Å². The lowest BCUT2D eigenvalue weighted by Crippen LogP contribution is -2.47. The van der Waals surface area contributed by atoms with Crippen molar-refractivity contribution in [3.63, 3.8) is 0 Å². The van der Waals surface area contributed by atoms with Crippen molar-refractivity contribution in [1.29, 1.82) is 0 Å². The Labute approximate surface area is 140 Å². The summed E-state index contributed by atoms with van der Waals surface area (Å²) >= 11 is 0. The van der Waals surface area contributed by atoms with E-state index in [4.69, 9.17) is 0 Å². The number of nitrogens with zero attached hydrogens (tertiary/aromatic N) is 6. The molecule has 2 aliphatic rings. The first kappa shape index (κ1) is 15.1. The summed E-state index contributed by atoms with van der Waals surface area (Å²) in [5.74, 6) is 1.42. The maximum atomic E-state index is 13.9. The van der Waals surface area contributed by atoms with Crippen LogP contribution >= 0.6 is 0 Å². The molecule has 0 atom stereocenters. The average Bonchev–Trinajstić information content (AvgIpc) is 3.17. The van der Waals surface area contributed by atoms with Crippen molar-refractivity contribution in [2.45, 2.75) is 12.8 Å². The Kier molecular flexibility index (Phi) is 4.15. The summed E-state index contributed by atoms with van der Waals surface area (Å²) in [5, 5.41) is 8.32. The molecule has 0 N–H and O–H groups in total. The van der Waals surface area contributed by atoms with Crippen molar-refractivity contribution in [2.24, 2.45) is 0 Å². The molecular formula is C17H21FN6. The van der Waals surface area contributed by atoms with Crippen LogP contribution in [0.1, 0.15) is 12.8 Å². The third kappa shape index (κ3) is 2.98. The van der Waals surface area contributed by atoms with E-state index in [1.807, 2.05) is 12.1 Å². The van der Waals surface area contributed by atoms with Crippen LogP contribution in [-0.2, 0) is 0 Å². The standard InChI is InChI=1S/C17H21FN6/c18-14-5-1-2-6-15(14)22-9-11-24(12-10-22)17-20-16(13-19-21-17)23-7-3-4-8-23/h1-2,5-6,13H,3-4,7-12H2. The third-order valence-electron chi connectivity index (χ3n) is 4.72. The number of hydrogen-bond acceptors (Lipinski definition) is 6. The van der Waals surface area contributed by atoms with Crippen LogP contribution in [0.2, 0.25) is 0 Å². The summed E-state index contributed by atoms with van der Waals surface area (Å²) in [6.07, 6.45) is 4.16. The quantitative estimate of drug-likeness (QED) is 0.858. The molecule has 7 heteroatoms. The van der Waals surface area contributed by atoms with Gasteiger partial charge in [-0.15, -0.1) is 5.10 Å². The zero-order valence-electron chi connectivity index (χ0n) is 13.6. The van der Waals surface area contributed by atoms with Gasteiger partial charge in [0.25, 0.3) is 0 Å². The number of hydrogen-bond donors (Lipinski definition) is 0. The van der Waals surface area contributed by atoms with Crippen LogP contribution in [0, 0.1) is 5.82 Å². The second-order valence-corrected chi connectivity index (χ2v) is 6.23. The van der Waals surface area contributed by atoms with Gasteiger partial charge in [0, 0.05) is 39.3 Å². The highest BCUT2D eigenvalue weighted by atomic mass is 19.1. The lowest BCUT2D eigenvalue weighted by molar-refractivity contribution is 0.592. The first-order chi connectivity index (χ1) is 11.8. The van der Waals surface area contributed by atoms with E-state index in [0.29, 0.717) is 11.6 Å². The van der Waals surface area contributed by atoms with Gasteiger partial charge in [0.2, 0.25) is 5.95 Å². The van der Waals surface area contributed by atoms with E-state index in [1.54, 1.807) is 12.3 Å². The van der Waals surface area contributed by atoms with Crippen LogP contribution in [0.15, 0.2) is 30.5 Å². The summed E-state index contributed by atoms with van der Waals surface area (Å²) < 4.78 is 13.9. The van der Waals surface area contributed by atoms with Gasteiger partial charge < -0.3 is 14.7 Å². The summed E-state index contributed by atoms with van der Waals surface area (Å²) in [7, 11) is 0. The van der Waals surface area contributed by atoms with Crippen LogP contribution < -0.4 is 14.7 Å². The average molecular weight is 328 g/mol. The van der Waals surface area contributed by atoms with Crippen molar-refractivity contribution < 1.29 is 4.39 Å². The molecule has 0 radical (unpaired) electrons. The SMILES string of the molecule is Fc1ccccc1N1CCN(c2nncc(N3CCCC3)n2)CC1. The molecule has 2 aliphatic heterocycles. The Morgan fingerprint density at radius 1 is 0.833 bits per heavy atom. The molecule has 0 spiro atoms. The lowest BCUT2D eigenvalue weighted by atomic mass is 10.2. The van der Waals surface area contributed by atoms with E-state index in [2.05, 4.69) is 29.9 Å². The third-order valence-corrected chi connectivity index (χ3v) is 4.72. The van der Waals surface area contributed by atoms with E-state index in [0.717, 1.165) is 45.1 Å². The molecule has 4 rings (SSSR count). The van der Waals surface area contributed by atoms with Gasteiger partial charge in [-0.05, 0) is 25.0 Å². The fourth-order valence-corrected chi connectivity index (χ4v) is 3.37. The molecule has 0 amide bonds. The van der Waals surface area contributed by atoms with E-state index < -0.39 is 0 Å². The molecule has 6 nitrogen and oxygen atoms in total. The van der Waals surface area contributed by atoms with Gasteiger partial charge in [-0.1, -0.05) is 12.1 Å². The molecule has 0 aliphatic carbocycles. The maximum Gasteiger partial charge on any atom is 0.247 e. The number of halogens is 1. The van der Waals surface area contributed by atoms with Crippen molar-refractivity contribution >= 4 is 17.5 Å². The maximum absolute atomic E-state index is 13.9.